The van der Waals surface area contributed by atoms with Crippen molar-refractivity contribution in [3.8, 4) is 0 Å². The summed E-state index contributed by atoms with van der Waals surface area (Å²) in [7, 11) is 0. The first kappa shape index (κ1) is 22.3. The first-order valence-electron chi connectivity index (χ1n) is 11.1. The lowest BCUT2D eigenvalue weighted by Gasteiger charge is -2.18. The lowest BCUT2D eigenvalue weighted by Crippen LogP contribution is -2.28. The van der Waals surface area contributed by atoms with Crippen molar-refractivity contribution in [2.45, 2.75) is 70.5 Å². The number of nitrogens with one attached hydrogen (secondary N) is 1. The van der Waals surface area contributed by atoms with Crippen LogP contribution in [0.5, 0.6) is 0 Å². The van der Waals surface area contributed by atoms with Gasteiger partial charge in [-0.3, -0.25) is 4.79 Å². The van der Waals surface area contributed by atoms with E-state index in [-0.39, 0.29) is 23.3 Å². The van der Waals surface area contributed by atoms with Crippen LogP contribution in [0.2, 0.25) is 0 Å². The number of fused-ring (bicyclic) bond motifs is 1. The van der Waals surface area contributed by atoms with E-state index in [4.69, 9.17) is 0 Å². The van der Waals surface area contributed by atoms with Crippen molar-refractivity contribution in [1.29, 1.82) is 0 Å². The molecule has 0 saturated heterocycles. The number of amides is 1. The predicted octanol–water partition coefficient (Wildman–Crippen LogP) is 6.02. The van der Waals surface area contributed by atoms with E-state index in [1.54, 1.807) is 0 Å². The van der Waals surface area contributed by atoms with Crippen LogP contribution in [-0.4, -0.2) is 20.5 Å². The lowest BCUT2D eigenvalue weighted by molar-refractivity contribution is -0.142. The standard InChI is InChI=1S/C24H27F3N4O/c1-4-14(3)15-6-8-16(9-7-15)18(5-2)29-23(32)20-13-22-28-19(17-10-11-17)12-21(24(25,26)27)31(22)30-20/h6-9,12-14,17-18H,4-5,10-11H2,1-3H3,(H,29,32). The molecule has 2 unspecified atom stereocenters. The molecule has 0 aliphatic heterocycles. The molecule has 1 aliphatic rings. The third kappa shape index (κ3) is 4.49. The molecule has 0 bridgehead atoms. The molecular formula is C24H27F3N4O. The average Bonchev–Trinajstić information content (AvgIpc) is 3.54. The number of nitrogens with zero attached hydrogens (tertiary/aromatic N) is 3. The van der Waals surface area contributed by atoms with Gasteiger partial charge in [-0.25, -0.2) is 9.50 Å². The number of aromatic nitrogens is 3. The summed E-state index contributed by atoms with van der Waals surface area (Å²) in [6.07, 6.45) is -1.25. The van der Waals surface area contributed by atoms with Crippen LogP contribution in [0.1, 0.15) is 97.3 Å². The SMILES string of the molecule is CCC(C)c1ccc(C(CC)NC(=O)c2cc3nc(C4CC4)cc(C(F)(F)F)n3n2)cc1. The number of alkyl halides is 3. The molecule has 2 heterocycles. The Morgan fingerprint density at radius 1 is 1.12 bits per heavy atom. The molecule has 2 atom stereocenters. The Labute approximate surface area is 185 Å². The Hall–Kier alpha value is -2.90. The minimum absolute atomic E-state index is 0.0397. The fourth-order valence-electron chi connectivity index (χ4n) is 3.84. The second-order valence-electron chi connectivity index (χ2n) is 8.55. The molecule has 1 saturated carbocycles. The van der Waals surface area contributed by atoms with Crippen LogP contribution in [-0.2, 0) is 6.18 Å². The lowest BCUT2D eigenvalue weighted by atomic mass is 9.95. The zero-order valence-electron chi connectivity index (χ0n) is 18.4. The fraction of sp³-hybridized carbons (Fsp3) is 0.458. The van der Waals surface area contributed by atoms with E-state index in [2.05, 4.69) is 41.4 Å². The van der Waals surface area contributed by atoms with Crippen LogP contribution < -0.4 is 5.32 Å². The van der Waals surface area contributed by atoms with Gasteiger partial charge in [-0.05, 0) is 48.8 Å². The zero-order valence-corrected chi connectivity index (χ0v) is 18.4. The molecule has 4 rings (SSSR count). The maximum atomic E-state index is 13.6. The number of hydrogen-bond acceptors (Lipinski definition) is 3. The summed E-state index contributed by atoms with van der Waals surface area (Å²) in [4.78, 5) is 17.2. The van der Waals surface area contributed by atoms with Crippen molar-refractivity contribution in [2.75, 3.05) is 0 Å². The van der Waals surface area contributed by atoms with Crippen molar-refractivity contribution >= 4 is 11.6 Å². The number of carbonyl (C=O) groups is 1. The smallest absolute Gasteiger partial charge is 0.344 e. The van der Waals surface area contributed by atoms with E-state index >= 15 is 0 Å². The van der Waals surface area contributed by atoms with Gasteiger partial charge in [0.15, 0.2) is 11.3 Å². The third-order valence-electron chi connectivity index (χ3n) is 6.20. The minimum Gasteiger partial charge on any atom is -0.344 e. The maximum absolute atomic E-state index is 13.6. The average molecular weight is 445 g/mol. The molecule has 1 aromatic carbocycles. The Bertz CT molecular complexity index is 1120. The maximum Gasteiger partial charge on any atom is 0.433 e. The first-order chi connectivity index (χ1) is 15.2. The molecule has 2 aromatic heterocycles. The summed E-state index contributed by atoms with van der Waals surface area (Å²) in [5.74, 6) is -0.0156. The van der Waals surface area contributed by atoms with Crippen LogP contribution in [0.15, 0.2) is 36.4 Å². The van der Waals surface area contributed by atoms with Crippen molar-refractivity contribution in [1.82, 2.24) is 19.9 Å². The van der Waals surface area contributed by atoms with Gasteiger partial charge in [-0.15, -0.1) is 0 Å². The molecule has 3 aromatic rings. The number of rotatable bonds is 7. The number of hydrogen-bond donors (Lipinski definition) is 1. The van der Waals surface area contributed by atoms with E-state index in [0.717, 1.165) is 35.4 Å². The minimum atomic E-state index is -4.59. The van der Waals surface area contributed by atoms with Crippen LogP contribution in [0, 0.1) is 0 Å². The summed E-state index contributed by atoms with van der Waals surface area (Å²) in [6.45, 7) is 6.24. The van der Waals surface area contributed by atoms with Crippen LogP contribution in [0.4, 0.5) is 13.2 Å². The van der Waals surface area contributed by atoms with Crippen molar-refractivity contribution in [3.63, 3.8) is 0 Å². The van der Waals surface area contributed by atoms with E-state index in [0.29, 0.717) is 18.0 Å². The Morgan fingerprint density at radius 3 is 2.34 bits per heavy atom. The molecule has 1 fully saturated rings. The van der Waals surface area contributed by atoms with Gasteiger partial charge in [0.05, 0.1) is 6.04 Å². The number of carbonyl (C=O) groups excluding carboxylic acids is 1. The van der Waals surface area contributed by atoms with E-state index in [9.17, 15) is 18.0 Å². The summed E-state index contributed by atoms with van der Waals surface area (Å²) >= 11 is 0. The molecule has 0 radical (unpaired) electrons. The van der Waals surface area contributed by atoms with E-state index in [1.165, 1.54) is 11.6 Å². The van der Waals surface area contributed by atoms with Gasteiger partial charge in [0.25, 0.3) is 5.91 Å². The molecule has 1 amide bonds. The van der Waals surface area contributed by atoms with Gasteiger partial charge < -0.3 is 5.32 Å². The molecular weight excluding hydrogens is 417 g/mol. The van der Waals surface area contributed by atoms with Gasteiger partial charge >= 0.3 is 6.18 Å². The second kappa shape index (κ2) is 8.56. The highest BCUT2D eigenvalue weighted by Gasteiger charge is 2.37. The largest absolute Gasteiger partial charge is 0.433 e. The number of benzene rings is 1. The zero-order chi connectivity index (χ0) is 23.0. The third-order valence-corrected chi connectivity index (χ3v) is 6.20. The molecule has 170 valence electrons. The monoisotopic (exact) mass is 444 g/mol. The van der Waals surface area contributed by atoms with Gasteiger partial charge in [0.1, 0.15) is 5.69 Å². The van der Waals surface area contributed by atoms with Crippen LogP contribution in [0.3, 0.4) is 0 Å². The summed E-state index contributed by atoms with van der Waals surface area (Å²) in [6, 6.07) is 10.2. The van der Waals surface area contributed by atoms with Crippen LogP contribution in [0.25, 0.3) is 5.65 Å². The highest BCUT2D eigenvalue weighted by molar-refractivity contribution is 5.93. The molecule has 1 aliphatic carbocycles. The van der Waals surface area contributed by atoms with Gasteiger partial charge in [0.2, 0.25) is 0 Å². The summed E-state index contributed by atoms with van der Waals surface area (Å²) in [5, 5.41) is 6.86. The van der Waals surface area contributed by atoms with E-state index < -0.39 is 17.8 Å². The van der Waals surface area contributed by atoms with E-state index in [1.807, 2.05) is 19.1 Å². The predicted molar refractivity (Wildman–Crippen MR) is 116 cm³/mol. The first-order valence-corrected chi connectivity index (χ1v) is 11.1. The molecule has 8 heteroatoms. The Morgan fingerprint density at radius 2 is 1.78 bits per heavy atom. The molecule has 0 spiro atoms. The van der Waals surface area contributed by atoms with Gasteiger partial charge in [-0.1, -0.05) is 45.0 Å². The van der Waals surface area contributed by atoms with Gasteiger partial charge in [-0.2, -0.15) is 18.3 Å². The molecule has 1 N–H and O–H groups in total. The van der Waals surface area contributed by atoms with Crippen molar-refractivity contribution in [2.24, 2.45) is 0 Å². The molecule has 32 heavy (non-hydrogen) atoms. The second-order valence-corrected chi connectivity index (χ2v) is 8.55. The highest BCUT2D eigenvalue weighted by atomic mass is 19.4. The summed E-state index contributed by atoms with van der Waals surface area (Å²) < 4.78 is 41.5. The molecule has 5 nitrogen and oxygen atoms in total. The fourth-order valence-corrected chi connectivity index (χ4v) is 3.84. The highest BCUT2D eigenvalue weighted by Crippen LogP contribution is 2.41. The Kier molecular flexibility index (Phi) is 5.97. The van der Waals surface area contributed by atoms with Crippen molar-refractivity contribution < 1.29 is 18.0 Å². The van der Waals surface area contributed by atoms with Crippen molar-refractivity contribution in [3.05, 3.63) is 64.6 Å². The van der Waals surface area contributed by atoms with Gasteiger partial charge in [0, 0.05) is 17.7 Å². The quantitative estimate of drug-likeness (QED) is 0.485. The topological polar surface area (TPSA) is 59.3 Å². The number of halogens is 3. The van der Waals surface area contributed by atoms with Crippen LogP contribution >= 0.6 is 0 Å². The summed E-state index contributed by atoms with van der Waals surface area (Å²) in [5.41, 5.74) is 1.64. The Balaban J connectivity index is 1.60. The normalized spacial score (nSPS) is 16.2.